The molecule has 0 saturated heterocycles. The molecular weight excluding hydrogens is 397 g/mol. The van der Waals surface area contributed by atoms with E-state index >= 15 is 0 Å². The van der Waals surface area contributed by atoms with Crippen LogP contribution in [-0.2, 0) is 6.42 Å². The molecule has 0 N–H and O–H groups in total. The first-order valence-electron chi connectivity index (χ1n) is 6.57. The highest BCUT2D eigenvalue weighted by Gasteiger charge is 2.12. The predicted octanol–water partition coefficient (Wildman–Crippen LogP) is 5.82. The van der Waals surface area contributed by atoms with Crippen molar-refractivity contribution in [3.63, 3.8) is 0 Å². The van der Waals surface area contributed by atoms with E-state index in [1.54, 1.807) is 12.1 Å². The van der Waals surface area contributed by atoms with Gasteiger partial charge in [0.25, 0.3) is 0 Å². The first kappa shape index (κ1) is 14.7. The van der Waals surface area contributed by atoms with Gasteiger partial charge >= 0.3 is 0 Å². The third-order valence-corrected chi connectivity index (χ3v) is 4.85. The summed E-state index contributed by atoms with van der Waals surface area (Å²) in [7, 11) is 0. The van der Waals surface area contributed by atoms with E-state index in [4.69, 9.17) is 0 Å². The Hall–Kier alpha value is -1.26. The Kier molecular flexibility index (Phi) is 4.36. The average Bonchev–Trinajstić information content (AvgIpc) is 2.50. The Morgan fingerprint density at radius 2 is 1.86 bits per heavy atom. The molecule has 3 rings (SSSR count). The van der Waals surface area contributed by atoms with Crippen molar-refractivity contribution in [2.45, 2.75) is 11.2 Å². The Balaban J connectivity index is 1.85. The van der Waals surface area contributed by atoms with Crippen LogP contribution in [0.4, 0.5) is 4.39 Å². The highest BCUT2D eigenvalue weighted by molar-refractivity contribution is 9.10. The molecule has 0 radical (unpaired) electrons. The van der Waals surface area contributed by atoms with Gasteiger partial charge in [0, 0.05) is 22.3 Å². The fraction of sp³-hybridized carbons (Fsp3) is 0.118. The maximum atomic E-state index is 13.6. The fourth-order valence-corrected chi connectivity index (χ4v) is 3.09. The number of hydrogen-bond acceptors (Lipinski definition) is 1. The quantitative estimate of drug-likeness (QED) is 0.498. The van der Waals surface area contributed by atoms with Crippen LogP contribution < -0.4 is 0 Å². The summed E-state index contributed by atoms with van der Waals surface area (Å²) in [4.78, 5) is 4.68. The van der Waals surface area contributed by atoms with E-state index < -0.39 is 0 Å². The number of alkyl halides is 1. The Morgan fingerprint density at radius 1 is 1.05 bits per heavy atom. The van der Waals surface area contributed by atoms with E-state index in [-0.39, 0.29) is 10.6 Å². The van der Waals surface area contributed by atoms with Crippen LogP contribution in [0.3, 0.4) is 0 Å². The third-order valence-electron chi connectivity index (χ3n) is 3.35. The van der Waals surface area contributed by atoms with Gasteiger partial charge in [-0.15, -0.1) is 0 Å². The summed E-state index contributed by atoms with van der Waals surface area (Å²) in [6.45, 7) is 0. The molecule has 1 nitrogen and oxygen atoms in total. The van der Waals surface area contributed by atoms with Crippen molar-refractivity contribution in [1.29, 1.82) is 0 Å². The lowest BCUT2D eigenvalue weighted by atomic mass is 10.1. The predicted molar refractivity (Wildman–Crippen MR) is 91.2 cm³/mol. The maximum Gasteiger partial charge on any atom is 0.137 e. The number of halogens is 3. The van der Waals surface area contributed by atoms with Gasteiger partial charge in [0.05, 0.1) is 9.99 Å². The minimum atomic E-state index is -0.247. The Morgan fingerprint density at radius 3 is 2.67 bits per heavy atom. The average molecular weight is 409 g/mol. The van der Waals surface area contributed by atoms with Crippen LogP contribution in [0.15, 0.2) is 59.1 Å². The largest absolute Gasteiger partial charge is 0.253 e. The van der Waals surface area contributed by atoms with E-state index in [1.807, 2.05) is 36.4 Å². The van der Waals surface area contributed by atoms with Crippen LogP contribution >= 0.6 is 31.9 Å². The van der Waals surface area contributed by atoms with Crippen molar-refractivity contribution in [3.8, 4) is 0 Å². The lowest BCUT2D eigenvalue weighted by Gasteiger charge is -2.11. The number of pyridine rings is 1. The van der Waals surface area contributed by atoms with E-state index in [1.165, 1.54) is 0 Å². The minimum absolute atomic E-state index is 0.0359. The maximum absolute atomic E-state index is 13.6. The molecule has 1 atom stereocenters. The van der Waals surface area contributed by atoms with Crippen molar-refractivity contribution in [3.05, 3.63) is 76.1 Å². The van der Waals surface area contributed by atoms with Crippen LogP contribution in [0.5, 0.6) is 0 Å². The van der Waals surface area contributed by atoms with E-state index in [2.05, 4.69) is 42.9 Å². The molecule has 1 heterocycles. The molecule has 0 fully saturated rings. The number of benzene rings is 2. The van der Waals surface area contributed by atoms with Gasteiger partial charge in [-0.2, -0.15) is 0 Å². The molecule has 0 spiro atoms. The van der Waals surface area contributed by atoms with E-state index in [9.17, 15) is 4.39 Å². The summed E-state index contributed by atoms with van der Waals surface area (Å²) >= 11 is 6.79. The SMILES string of the molecule is Fc1cc(C(Br)Cc2ccc3ccccc3n2)ccc1Br. The lowest BCUT2D eigenvalue weighted by Crippen LogP contribution is -1.99. The smallest absolute Gasteiger partial charge is 0.137 e. The van der Waals surface area contributed by atoms with Crippen LogP contribution in [0.2, 0.25) is 0 Å². The van der Waals surface area contributed by atoms with Crippen molar-refractivity contribution in [2.24, 2.45) is 0 Å². The number of nitrogens with zero attached hydrogens (tertiary/aromatic N) is 1. The van der Waals surface area contributed by atoms with Crippen LogP contribution in [0.1, 0.15) is 16.1 Å². The number of rotatable bonds is 3. The highest BCUT2D eigenvalue weighted by atomic mass is 79.9. The molecule has 3 aromatic rings. The molecule has 106 valence electrons. The van der Waals surface area contributed by atoms with Crippen molar-refractivity contribution in [2.75, 3.05) is 0 Å². The molecule has 4 heteroatoms. The summed E-state index contributed by atoms with van der Waals surface area (Å²) in [6, 6.07) is 17.3. The second-order valence-corrected chi connectivity index (χ2v) is 6.80. The highest BCUT2D eigenvalue weighted by Crippen LogP contribution is 2.29. The molecule has 21 heavy (non-hydrogen) atoms. The molecular formula is C17H12Br2FN. The normalized spacial score (nSPS) is 12.5. The zero-order valence-corrected chi connectivity index (χ0v) is 14.2. The van der Waals surface area contributed by atoms with Crippen LogP contribution in [0, 0.1) is 5.82 Å². The van der Waals surface area contributed by atoms with Gasteiger partial charge in [-0.25, -0.2) is 4.39 Å². The fourth-order valence-electron chi connectivity index (χ4n) is 2.23. The zero-order valence-electron chi connectivity index (χ0n) is 11.1. The monoisotopic (exact) mass is 407 g/mol. The first-order chi connectivity index (χ1) is 10.1. The number of aromatic nitrogens is 1. The minimum Gasteiger partial charge on any atom is -0.253 e. The second kappa shape index (κ2) is 6.24. The van der Waals surface area contributed by atoms with Crippen LogP contribution in [0.25, 0.3) is 10.9 Å². The molecule has 0 aliphatic heterocycles. The molecule has 0 saturated carbocycles. The second-order valence-electron chi connectivity index (χ2n) is 4.84. The molecule has 0 aliphatic carbocycles. The summed E-state index contributed by atoms with van der Waals surface area (Å²) in [6.07, 6.45) is 0.714. The standard InChI is InChI=1S/C17H12Br2FN/c18-14-8-6-12(9-16(14)20)15(19)10-13-7-5-11-3-1-2-4-17(11)21-13/h1-9,15H,10H2. The van der Waals surface area contributed by atoms with Gasteiger partial charge in [-0.3, -0.25) is 4.98 Å². The molecule has 0 aliphatic rings. The Labute approximate surface area is 139 Å². The van der Waals surface area contributed by atoms with E-state index in [0.29, 0.717) is 10.9 Å². The van der Waals surface area contributed by atoms with Gasteiger partial charge in [-0.05, 0) is 45.8 Å². The van der Waals surface area contributed by atoms with Gasteiger partial charge in [-0.1, -0.05) is 46.3 Å². The summed E-state index contributed by atoms with van der Waals surface area (Å²) in [5, 5.41) is 1.13. The van der Waals surface area contributed by atoms with Gasteiger partial charge in [0.1, 0.15) is 5.82 Å². The number of para-hydroxylation sites is 1. The molecule has 2 aromatic carbocycles. The van der Waals surface area contributed by atoms with E-state index in [0.717, 1.165) is 22.2 Å². The molecule has 0 bridgehead atoms. The van der Waals surface area contributed by atoms with Crippen LogP contribution in [-0.4, -0.2) is 4.98 Å². The number of hydrogen-bond donors (Lipinski definition) is 0. The van der Waals surface area contributed by atoms with Gasteiger partial charge in [0.2, 0.25) is 0 Å². The summed E-state index contributed by atoms with van der Waals surface area (Å²) in [5.41, 5.74) is 2.88. The lowest BCUT2D eigenvalue weighted by molar-refractivity contribution is 0.618. The molecule has 0 amide bonds. The summed E-state index contributed by atoms with van der Waals surface area (Å²) in [5.74, 6) is -0.247. The molecule has 1 aromatic heterocycles. The van der Waals surface area contributed by atoms with Gasteiger partial charge in [0.15, 0.2) is 0 Å². The van der Waals surface area contributed by atoms with Crippen molar-refractivity contribution >= 4 is 42.8 Å². The Bertz CT molecular complexity index is 789. The third kappa shape index (κ3) is 3.33. The topological polar surface area (TPSA) is 12.9 Å². The molecule has 1 unspecified atom stereocenters. The summed E-state index contributed by atoms with van der Waals surface area (Å²) < 4.78 is 14.1. The van der Waals surface area contributed by atoms with Crippen molar-refractivity contribution < 1.29 is 4.39 Å². The first-order valence-corrected chi connectivity index (χ1v) is 8.28. The van der Waals surface area contributed by atoms with Crippen molar-refractivity contribution in [1.82, 2.24) is 4.98 Å². The zero-order chi connectivity index (χ0) is 14.8. The van der Waals surface area contributed by atoms with Gasteiger partial charge < -0.3 is 0 Å². The number of fused-ring (bicyclic) bond motifs is 1.